The maximum atomic E-state index is 13.0. The van der Waals surface area contributed by atoms with E-state index in [1.165, 1.54) is 11.1 Å². The summed E-state index contributed by atoms with van der Waals surface area (Å²) in [6.45, 7) is 8.57. The number of rotatable bonds is 5. The summed E-state index contributed by atoms with van der Waals surface area (Å²) in [5, 5.41) is 7.21. The van der Waals surface area contributed by atoms with Gasteiger partial charge in [0.1, 0.15) is 5.39 Å². The maximum absolute atomic E-state index is 13.0. The summed E-state index contributed by atoms with van der Waals surface area (Å²) in [5.41, 5.74) is 5.92. The van der Waals surface area contributed by atoms with Gasteiger partial charge in [-0.05, 0) is 61.2 Å². The van der Waals surface area contributed by atoms with E-state index in [1.807, 2.05) is 29.8 Å². The Hall–Kier alpha value is -3.52. The molecular weight excluding hydrogens is 402 g/mol. The second-order valence-corrected chi connectivity index (χ2v) is 8.39. The second-order valence-electron chi connectivity index (χ2n) is 8.39. The van der Waals surface area contributed by atoms with E-state index in [1.54, 1.807) is 17.1 Å². The van der Waals surface area contributed by atoms with Crippen molar-refractivity contribution in [3.8, 4) is 5.69 Å². The highest BCUT2D eigenvalue weighted by Gasteiger charge is 2.18. The van der Waals surface area contributed by atoms with Crippen LogP contribution in [0.15, 0.2) is 47.5 Å². The molecule has 2 N–H and O–H groups in total. The van der Waals surface area contributed by atoms with Crippen LogP contribution in [0.3, 0.4) is 0 Å². The Morgan fingerprint density at radius 3 is 2.84 bits per heavy atom. The smallest absolute Gasteiger partial charge is 0.278 e. The van der Waals surface area contributed by atoms with Gasteiger partial charge in [0, 0.05) is 36.9 Å². The van der Waals surface area contributed by atoms with Crippen LogP contribution in [0.2, 0.25) is 0 Å². The van der Waals surface area contributed by atoms with E-state index < -0.39 is 0 Å². The Kier molecular flexibility index (Phi) is 5.22. The molecule has 0 spiro atoms. The lowest BCUT2D eigenvalue weighted by atomic mass is 10.0. The molecule has 0 saturated carbocycles. The van der Waals surface area contributed by atoms with Crippen LogP contribution >= 0.6 is 0 Å². The predicted octanol–water partition coefficient (Wildman–Crippen LogP) is 3.51. The number of pyridine rings is 1. The highest BCUT2D eigenvalue weighted by Crippen LogP contribution is 2.23. The first-order valence-corrected chi connectivity index (χ1v) is 11.1. The Balaban J connectivity index is 1.60. The second kappa shape index (κ2) is 8.20. The Morgan fingerprint density at radius 1 is 1.16 bits per heavy atom. The zero-order valence-electron chi connectivity index (χ0n) is 18.6. The molecule has 164 valence electrons. The molecule has 1 aliphatic heterocycles. The minimum absolute atomic E-state index is 0.0989. The van der Waals surface area contributed by atoms with Gasteiger partial charge in [0.2, 0.25) is 5.95 Å². The zero-order chi connectivity index (χ0) is 22.2. The lowest BCUT2D eigenvalue weighted by molar-refractivity contribution is 0.574. The van der Waals surface area contributed by atoms with Crippen molar-refractivity contribution in [2.45, 2.75) is 46.2 Å². The topological polar surface area (TPSA) is 89.7 Å². The van der Waals surface area contributed by atoms with Crippen LogP contribution in [0.1, 0.15) is 43.5 Å². The summed E-state index contributed by atoms with van der Waals surface area (Å²) in [4.78, 5) is 26.7. The fourth-order valence-corrected chi connectivity index (χ4v) is 4.20. The summed E-state index contributed by atoms with van der Waals surface area (Å²) in [6.07, 6.45) is 4.40. The van der Waals surface area contributed by atoms with Gasteiger partial charge in [0.05, 0.1) is 5.69 Å². The highest BCUT2D eigenvalue weighted by atomic mass is 16.1. The van der Waals surface area contributed by atoms with Crippen molar-refractivity contribution in [1.29, 1.82) is 0 Å². The summed E-state index contributed by atoms with van der Waals surface area (Å²) in [6, 6.07) is 10.3. The Morgan fingerprint density at radius 2 is 2.03 bits per heavy atom. The van der Waals surface area contributed by atoms with Gasteiger partial charge in [-0.25, -0.2) is 14.3 Å². The maximum Gasteiger partial charge on any atom is 0.278 e. The lowest BCUT2D eigenvalue weighted by Gasteiger charge is -2.18. The van der Waals surface area contributed by atoms with Crippen molar-refractivity contribution in [2.24, 2.45) is 0 Å². The van der Waals surface area contributed by atoms with E-state index >= 15 is 0 Å². The van der Waals surface area contributed by atoms with Crippen LogP contribution in [0.5, 0.6) is 0 Å². The minimum atomic E-state index is -0.0989. The van der Waals surface area contributed by atoms with Crippen molar-refractivity contribution < 1.29 is 0 Å². The molecule has 3 aromatic heterocycles. The fraction of sp³-hybridized carbons (Fsp3) is 0.333. The highest BCUT2D eigenvalue weighted by molar-refractivity contribution is 5.77. The average Bonchev–Trinajstić information content (AvgIpc) is 3.10. The molecule has 0 radical (unpaired) electrons. The molecular formula is C24H27N7O. The number of fused-ring (bicyclic) bond motifs is 2. The van der Waals surface area contributed by atoms with Gasteiger partial charge < -0.3 is 10.6 Å². The van der Waals surface area contributed by atoms with Crippen LogP contribution < -0.4 is 16.2 Å². The van der Waals surface area contributed by atoms with Crippen LogP contribution in [0, 0.1) is 0 Å². The van der Waals surface area contributed by atoms with Crippen LogP contribution in [-0.4, -0.2) is 30.9 Å². The molecule has 8 heteroatoms. The molecule has 4 aromatic rings. The number of nitrogens with zero attached hydrogens (tertiary/aromatic N) is 5. The predicted molar refractivity (Wildman–Crippen MR) is 126 cm³/mol. The van der Waals surface area contributed by atoms with E-state index in [-0.39, 0.29) is 11.5 Å². The molecule has 0 amide bonds. The molecule has 0 unspecified atom stereocenters. The van der Waals surface area contributed by atoms with E-state index in [0.29, 0.717) is 23.5 Å². The summed E-state index contributed by atoms with van der Waals surface area (Å²) >= 11 is 0. The first kappa shape index (κ1) is 20.4. The normalized spacial score (nSPS) is 13.5. The van der Waals surface area contributed by atoms with Gasteiger partial charge in [0.25, 0.3) is 5.56 Å². The Labute approximate surface area is 186 Å². The van der Waals surface area contributed by atoms with Crippen molar-refractivity contribution >= 4 is 22.7 Å². The van der Waals surface area contributed by atoms with Crippen molar-refractivity contribution in [1.82, 2.24) is 29.6 Å². The Bertz CT molecular complexity index is 1350. The number of hydrogen-bond donors (Lipinski definition) is 2. The SMILES string of the molecule is CCn1c(=O)c2cnc(Nc3ccc4c(c3)CCNC4)nc2n1-c1ccnc(C(C)C)c1. The molecule has 0 atom stereocenters. The van der Waals surface area contributed by atoms with Gasteiger partial charge in [-0.2, -0.15) is 4.98 Å². The average molecular weight is 430 g/mol. The first-order chi connectivity index (χ1) is 15.5. The molecule has 8 nitrogen and oxygen atoms in total. The number of benzene rings is 1. The fourth-order valence-electron chi connectivity index (χ4n) is 4.20. The molecule has 0 aliphatic carbocycles. The monoisotopic (exact) mass is 429 g/mol. The zero-order valence-corrected chi connectivity index (χ0v) is 18.6. The number of aromatic nitrogens is 5. The summed E-state index contributed by atoms with van der Waals surface area (Å²) in [5.74, 6) is 0.746. The summed E-state index contributed by atoms with van der Waals surface area (Å²) < 4.78 is 3.56. The molecule has 1 aliphatic rings. The van der Waals surface area contributed by atoms with Gasteiger partial charge in [-0.1, -0.05) is 19.9 Å². The van der Waals surface area contributed by atoms with E-state index in [2.05, 4.69) is 46.6 Å². The van der Waals surface area contributed by atoms with Crippen LogP contribution in [0.4, 0.5) is 11.6 Å². The number of anilines is 2. The minimum Gasteiger partial charge on any atom is -0.324 e. The summed E-state index contributed by atoms with van der Waals surface area (Å²) in [7, 11) is 0. The van der Waals surface area contributed by atoms with E-state index in [0.717, 1.165) is 36.6 Å². The molecule has 1 aromatic carbocycles. The molecule has 4 heterocycles. The van der Waals surface area contributed by atoms with Crippen LogP contribution in [0.25, 0.3) is 16.7 Å². The molecule has 0 bridgehead atoms. The molecule has 32 heavy (non-hydrogen) atoms. The lowest BCUT2D eigenvalue weighted by Crippen LogP contribution is -2.23. The van der Waals surface area contributed by atoms with Crippen LogP contribution in [-0.2, 0) is 19.5 Å². The van der Waals surface area contributed by atoms with Crippen molar-refractivity contribution in [2.75, 3.05) is 11.9 Å². The molecule has 0 fully saturated rings. The van der Waals surface area contributed by atoms with Gasteiger partial charge >= 0.3 is 0 Å². The number of hydrogen-bond acceptors (Lipinski definition) is 6. The third kappa shape index (κ3) is 3.56. The van der Waals surface area contributed by atoms with E-state index in [9.17, 15) is 4.79 Å². The van der Waals surface area contributed by atoms with Crippen molar-refractivity contribution in [3.63, 3.8) is 0 Å². The number of nitrogens with one attached hydrogen (secondary N) is 2. The first-order valence-electron chi connectivity index (χ1n) is 11.1. The van der Waals surface area contributed by atoms with Gasteiger partial charge in [-0.3, -0.25) is 9.78 Å². The van der Waals surface area contributed by atoms with E-state index in [4.69, 9.17) is 4.98 Å². The third-order valence-corrected chi connectivity index (χ3v) is 5.92. The molecule has 5 rings (SSSR count). The quantitative estimate of drug-likeness (QED) is 0.505. The van der Waals surface area contributed by atoms with Gasteiger partial charge in [-0.15, -0.1) is 0 Å². The third-order valence-electron chi connectivity index (χ3n) is 5.92. The standard InChI is InChI=1S/C24H27N7O/c1-4-30-23(32)20-14-27-24(28-18-6-5-17-13-25-9-7-16(17)11-18)29-22(20)31(30)19-8-10-26-21(12-19)15(2)3/h5-6,8,10-12,14-15,25H,4,7,9,13H2,1-3H3,(H,27,28,29). The van der Waals surface area contributed by atoms with Gasteiger partial charge in [0.15, 0.2) is 5.65 Å². The largest absolute Gasteiger partial charge is 0.324 e. The van der Waals surface area contributed by atoms with Crippen molar-refractivity contribution in [3.05, 3.63) is 69.9 Å². The molecule has 0 saturated heterocycles.